The van der Waals surface area contributed by atoms with E-state index in [9.17, 15) is 13.2 Å². The van der Waals surface area contributed by atoms with E-state index in [4.69, 9.17) is 0 Å². The monoisotopic (exact) mass is 397 g/mol. The number of hydrogen-bond acceptors (Lipinski definition) is 4. The van der Waals surface area contributed by atoms with Crippen LogP contribution in [0.5, 0.6) is 0 Å². The Morgan fingerprint density at radius 1 is 1.14 bits per heavy atom. The zero-order valence-electron chi connectivity index (χ0n) is 15.9. The molecule has 146 valence electrons. The van der Waals surface area contributed by atoms with Gasteiger partial charge >= 0.3 is 0 Å². The second kappa shape index (κ2) is 8.39. The van der Waals surface area contributed by atoms with Crippen molar-refractivity contribution in [3.05, 3.63) is 65.2 Å². The SMILES string of the molecule is Cc1ccc(/C=C/C(=O)Nc2cccc(S(=O)(=O)NC3=NCCC3)c2)c(C)c1. The van der Waals surface area contributed by atoms with E-state index in [1.807, 2.05) is 32.0 Å². The average Bonchev–Trinajstić information content (AvgIpc) is 3.13. The molecule has 2 aromatic carbocycles. The number of benzene rings is 2. The van der Waals surface area contributed by atoms with Gasteiger partial charge in [-0.2, -0.15) is 0 Å². The quantitative estimate of drug-likeness (QED) is 0.758. The number of carbonyl (C=O) groups is 1. The van der Waals surface area contributed by atoms with Crippen LogP contribution in [0.15, 0.2) is 58.4 Å². The first-order valence-corrected chi connectivity index (χ1v) is 10.5. The van der Waals surface area contributed by atoms with E-state index in [-0.39, 0.29) is 10.8 Å². The number of carbonyl (C=O) groups excluding carboxylic acids is 1. The molecule has 0 aliphatic carbocycles. The van der Waals surface area contributed by atoms with E-state index in [1.165, 1.54) is 18.2 Å². The van der Waals surface area contributed by atoms with E-state index >= 15 is 0 Å². The van der Waals surface area contributed by atoms with Crippen molar-refractivity contribution >= 4 is 33.5 Å². The van der Waals surface area contributed by atoms with Crippen molar-refractivity contribution in [3.63, 3.8) is 0 Å². The van der Waals surface area contributed by atoms with Crippen molar-refractivity contribution in [3.8, 4) is 0 Å². The topological polar surface area (TPSA) is 87.6 Å². The van der Waals surface area contributed by atoms with Crippen LogP contribution in [0, 0.1) is 13.8 Å². The number of hydrogen-bond donors (Lipinski definition) is 2. The predicted octanol–water partition coefficient (Wildman–Crippen LogP) is 3.43. The highest BCUT2D eigenvalue weighted by molar-refractivity contribution is 7.90. The Kier molecular flexibility index (Phi) is 5.94. The third kappa shape index (κ3) is 5.07. The minimum absolute atomic E-state index is 0.0817. The summed E-state index contributed by atoms with van der Waals surface area (Å²) < 4.78 is 27.5. The van der Waals surface area contributed by atoms with Gasteiger partial charge in [0, 0.05) is 24.7 Å². The Hall–Kier alpha value is -2.93. The maximum absolute atomic E-state index is 12.5. The van der Waals surface area contributed by atoms with Crippen LogP contribution in [0.4, 0.5) is 5.69 Å². The van der Waals surface area contributed by atoms with Gasteiger partial charge in [0.1, 0.15) is 5.84 Å². The molecule has 3 rings (SSSR count). The van der Waals surface area contributed by atoms with Crippen molar-refractivity contribution < 1.29 is 13.2 Å². The minimum atomic E-state index is -3.72. The first-order chi connectivity index (χ1) is 13.3. The lowest BCUT2D eigenvalue weighted by atomic mass is 10.1. The Morgan fingerprint density at radius 3 is 2.68 bits per heavy atom. The van der Waals surface area contributed by atoms with Crippen LogP contribution >= 0.6 is 0 Å². The van der Waals surface area contributed by atoms with E-state index in [0.717, 1.165) is 23.1 Å². The summed E-state index contributed by atoms with van der Waals surface area (Å²) in [5.74, 6) is 0.147. The van der Waals surface area contributed by atoms with E-state index < -0.39 is 10.0 Å². The number of amidine groups is 1. The molecule has 0 unspecified atom stereocenters. The summed E-state index contributed by atoms with van der Waals surface area (Å²) in [6.45, 7) is 4.64. The number of aliphatic imine (C=N–C) groups is 1. The highest BCUT2D eigenvalue weighted by Crippen LogP contribution is 2.17. The minimum Gasteiger partial charge on any atom is -0.322 e. The molecule has 0 radical (unpaired) electrons. The van der Waals surface area contributed by atoms with Crippen molar-refractivity contribution in [2.24, 2.45) is 4.99 Å². The molecule has 0 aromatic heterocycles. The second-order valence-corrected chi connectivity index (χ2v) is 8.43. The third-order valence-electron chi connectivity index (χ3n) is 4.38. The Bertz CT molecular complexity index is 1060. The lowest BCUT2D eigenvalue weighted by molar-refractivity contribution is -0.111. The number of nitrogens with zero attached hydrogens (tertiary/aromatic N) is 1. The summed E-state index contributed by atoms with van der Waals surface area (Å²) in [4.78, 5) is 16.4. The zero-order chi connectivity index (χ0) is 20.1. The molecule has 1 amide bonds. The number of nitrogens with one attached hydrogen (secondary N) is 2. The predicted molar refractivity (Wildman–Crippen MR) is 112 cm³/mol. The molecule has 0 fully saturated rings. The first-order valence-electron chi connectivity index (χ1n) is 9.06. The van der Waals surface area contributed by atoms with Gasteiger partial charge in [0.2, 0.25) is 5.91 Å². The van der Waals surface area contributed by atoms with Crippen LogP contribution in [-0.2, 0) is 14.8 Å². The highest BCUT2D eigenvalue weighted by Gasteiger charge is 2.18. The molecule has 7 heteroatoms. The molecule has 1 heterocycles. The zero-order valence-corrected chi connectivity index (χ0v) is 16.7. The Balaban J connectivity index is 1.70. The molecule has 0 atom stereocenters. The van der Waals surface area contributed by atoms with Gasteiger partial charge in [-0.05, 0) is 55.7 Å². The summed E-state index contributed by atoms with van der Waals surface area (Å²) in [5, 5.41) is 2.70. The molecule has 2 N–H and O–H groups in total. The summed E-state index contributed by atoms with van der Waals surface area (Å²) >= 11 is 0. The maximum atomic E-state index is 12.5. The van der Waals surface area contributed by atoms with Crippen LogP contribution in [0.3, 0.4) is 0 Å². The van der Waals surface area contributed by atoms with Crippen molar-refractivity contribution in [1.82, 2.24) is 4.72 Å². The fraction of sp³-hybridized carbons (Fsp3) is 0.238. The van der Waals surface area contributed by atoms with E-state index in [1.54, 1.807) is 18.2 Å². The lowest BCUT2D eigenvalue weighted by Gasteiger charge is -2.09. The number of aryl methyl sites for hydroxylation is 2. The second-order valence-electron chi connectivity index (χ2n) is 6.75. The van der Waals surface area contributed by atoms with Crippen LogP contribution in [-0.4, -0.2) is 26.7 Å². The van der Waals surface area contributed by atoms with Gasteiger partial charge in [-0.1, -0.05) is 29.8 Å². The van der Waals surface area contributed by atoms with Gasteiger partial charge < -0.3 is 5.32 Å². The van der Waals surface area contributed by atoms with Crippen LogP contribution < -0.4 is 10.0 Å². The van der Waals surface area contributed by atoms with Gasteiger partial charge in [-0.25, -0.2) is 8.42 Å². The Morgan fingerprint density at radius 2 is 1.96 bits per heavy atom. The third-order valence-corrected chi connectivity index (χ3v) is 5.76. The van der Waals surface area contributed by atoms with Gasteiger partial charge in [-0.15, -0.1) is 0 Å². The number of sulfonamides is 1. The van der Waals surface area contributed by atoms with Crippen molar-refractivity contribution in [2.75, 3.05) is 11.9 Å². The molecule has 1 aliphatic heterocycles. The van der Waals surface area contributed by atoms with Crippen molar-refractivity contribution in [2.45, 2.75) is 31.6 Å². The fourth-order valence-corrected chi connectivity index (χ4v) is 4.07. The molecule has 0 saturated carbocycles. The summed E-state index contributed by atoms with van der Waals surface area (Å²) in [7, 11) is -3.72. The lowest BCUT2D eigenvalue weighted by Crippen LogP contribution is -2.29. The first kappa shape index (κ1) is 19.8. The van der Waals surface area contributed by atoms with Crippen molar-refractivity contribution in [1.29, 1.82) is 0 Å². The molecule has 28 heavy (non-hydrogen) atoms. The number of anilines is 1. The average molecular weight is 398 g/mol. The van der Waals surface area contributed by atoms with Crippen LogP contribution in [0.25, 0.3) is 6.08 Å². The van der Waals surface area contributed by atoms with Gasteiger partial charge in [0.05, 0.1) is 4.90 Å². The maximum Gasteiger partial charge on any atom is 0.262 e. The van der Waals surface area contributed by atoms with Gasteiger partial charge in [-0.3, -0.25) is 14.5 Å². The molecular formula is C21H23N3O3S. The standard InChI is InChI=1S/C21H23N3O3S/c1-15-8-9-17(16(2)13-15)10-11-21(25)23-18-5-3-6-19(14-18)28(26,27)24-20-7-4-12-22-20/h3,5-6,8-11,13-14H,4,7,12H2,1-2H3,(H,22,24)(H,23,25)/b11-10+. The molecule has 6 nitrogen and oxygen atoms in total. The molecule has 0 bridgehead atoms. The number of amides is 1. The van der Waals surface area contributed by atoms with Gasteiger partial charge in [0.15, 0.2) is 0 Å². The highest BCUT2D eigenvalue weighted by atomic mass is 32.2. The summed E-state index contributed by atoms with van der Waals surface area (Å²) in [5.41, 5.74) is 3.61. The smallest absolute Gasteiger partial charge is 0.262 e. The van der Waals surface area contributed by atoms with E-state index in [0.29, 0.717) is 24.5 Å². The molecule has 0 saturated heterocycles. The largest absolute Gasteiger partial charge is 0.322 e. The summed E-state index contributed by atoms with van der Waals surface area (Å²) in [6.07, 6.45) is 4.65. The Labute approximate surface area is 165 Å². The molecule has 1 aliphatic rings. The summed E-state index contributed by atoms with van der Waals surface area (Å²) in [6, 6.07) is 12.1. The number of rotatable bonds is 5. The van der Waals surface area contributed by atoms with Gasteiger partial charge in [0.25, 0.3) is 10.0 Å². The molecular weight excluding hydrogens is 374 g/mol. The van der Waals surface area contributed by atoms with E-state index in [2.05, 4.69) is 15.0 Å². The molecule has 2 aromatic rings. The van der Waals surface area contributed by atoms with Crippen LogP contribution in [0.1, 0.15) is 29.5 Å². The fourth-order valence-electron chi connectivity index (χ4n) is 2.94. The molecule has 0 spiro atoms. The normalized spacial score (nSPS) is 14.1. The van der Waals surface area contributed by atoms with Crippen LogP contribution in [0.2, 0.25) is 0 Å².